The Labute approximate surface area is 170 Å². The van der Waals surface area contributed by atoms with Crippen LogP contribution in [0.4, 0.5) is 0 Å². The van der Waals surface area contributed by atoms with E-state index in [4.69, 9.17) is 9.84 Å². The third kappa shape index (κ3) is 2.90. The standard InChI is InChI=1S/C20H16N6O2S/c1-12(27)25-17-9-13(7-8-14(17)10-21-25)16-11-29-20-23-22-19(26(20)24-16)15-5-3-4-6-18(15)28-2/h3-10H,11H2,1-2H3. The summed E-state index contributed by atoms with van der Waals surface area (Å²) in [4.78, 5) is 11.8. The molecular weight excluding hydrogens is 388 g/mol. The fourth-order valence-electron chi connectivity index (χ4n) is 3.32. The van der Waals surface area contributed by atoms with Gasteiger partial charge in [0.15, 0.2) is 5.82 Å². The SMILES string of the molecule is COc1ccccc1-c1nnc2n1N=C(c1ccc3cnn(C(C)=O)c3c1)CS2. The fraction of sp³-hybridized carbons (Fsp3) is 0.150. The van der Waals surface area contributed by atoms with Crippen molar-refractivity contribution in [1.29, 1.82) is 0 Å². The molecule has 0 radical (unpaired) electrons. The highest BCUT2D eigenvalue weighted by atomic mass is 32.2. The van der Waals surface area contributed by atoms with Crippen molar-refractivity contribution in [3.63, 3.8) is 0 Å². The molecule has 0 unspecified atom stereocenters. The number of nitrogens with zero attached hydrogens (tertiary/aromatic N) is 6. The molecule has 9 heteroatoms. The number of ether oxygens (including phenoxy) is 1. The minimum Gasteiger partial charge on any atom is -0.496 e. The van der Waals surface area contributed by atoms with Crippen molar-refractivity contribution in [2.24, 2.45) is 5.10 Å². The summed E-state index contributed by atoms with van der Waals surface area (Å²) < 4.78 is 8.61. The first-order chi connectivity index (χ1) is 14.2. The summed E-state index contributed by atoms with van der Waals surface area (Å²) in [6.07, 6.45) is 1.69. The Kier molecular flexibility index (Phi) is 4.17. The summed E-state index contributed by atoms with van der Waals surface area (Å²) in [5.41, 5.74) is 3.39. The van der Waals surface area contributed by atoms with Gasteiger partial charge in [-0.05, 0) is 18.2 Å². The van der Waals surface area contributed by atoms with Gasteiger partial charge in [0, 0.05) is 23.6 Å². The van der Waals surface area contributed by atoms with Crippen LogP contribution in [-0.2, 0) is 0 Å². The van der Waals surface area contributed by atoms with Gasteiger partial charge in [-0.1, -0.05) is 36.0 Å². The molecule has 144 valence electrons. The first kappa shape index (κ1) is 17.6. The van der Waals surface area contributed by atoms with Crippen molar-refractivity contribution in [3.8, 4) is 17.1 Å². The Morgan fingerprint density at radius 2 is 2.03 bits per heavy atom. The molecule has 0 bridgehead atoms. The summed E-state index contributed by atoms with van der Waals surface area (Å²) in [5.74, 6) is 1.86. The average Bonchev–Trinajstić information content (AvgIpc) is 3.36. The highest BCUT2D eigenvalue weighted by molar-refractivity contribution is 7.99. The monoisotopic (exact) mass is 404 g/mol. The topological polar surface area (TPSA) is 87.2 Å². The zero-order valence-corrected chi connectivity index (χ0v) is 16.6. The van der Waals surface area contributed by atoms with Crippen molar-refractivity contribution in [2.45, 2.75) is 12.1 Å². The van der Waals surface area contributed by atoms with Crippen LogP contribution in [0.15, 0.2) is 58.9 Å². The highest BCUT2D eigenvalue weighted by Crippen LogP contribution is 2.33. The largest absolute Gasteiger partial charge is 0.496 e. The maximum atomic E-state index is 11.8. The number of hydrogen-bond donors (Lipinski definition) is 0. The second kappa shape index (κ2) is 6.85. The number of carbonyl (C=O) groups is 1. The van der Waals surface area contributed by atoms with Crippen LogP contribution in [0.2, 0.25) is 0 Å². The molecule has 2 aromatic heterocycles. The van der Waals surface area contributed by atoms with Crippen molar-refractivity contribution in [3.05, 3.63) is 54.2 Å². The van der Waals surface area contributed by atoms with Gasteiger partial charge in [0.05, 0.1) is 30.1 Å². The van der Waals surface area contributed by atoms with Crippen LogP contribution < -0.4 is 4.74 Å². The molecule has 5 rings (SSSR count). The number of thioether (sulfide) groups is 1. The number of rotatable bonds is 3. The summed E-state index contributed by atoms with van der Waals surface area (Å²) in [6, 6.07) is 13.5. The maximum Gasteiger partial charge on any atom is 0.244 e. The lowest BCUT2D eigenvalue weighted by Gasteiger charge is -2.15. The molecule has 1 aliphatic rings. The molecule has 0 amide bonds. The number of para-hydroxylation sites is 1. The number of hydrogen-bond acceptors (Lipinski definition) is 7. The molecule has 8 nitrogen and oxygen atoms in total. The van der Waals surface area contributed by atoms with Gasteiger partial charge in [0.1, 0.15) is 5.75 Å². The van der Waals surface area contributed by atoms with Gasteiger partial charge >= 0.3 is 0 Å². The molecule has 0 saturated carbocycles. The maximum absolute atomic E-state index is 11.8. The van der Waals surface area contributed by atoms with Gasteiger partial charge in [-0.15, -0.1) is 10.2 Å². The van der Waals surface area contributed by atoms with Gasteiger partial charge in [0.2, 0.25) is 11.1 Å². The molecule has 3 heterocycles. The Balaban J connectivity index is 1.62. The number of methoxy groups -OCH3 is 1. The Bertz CT molecular complexity index is 1290. The lowest BCUT2D eigenvalue weighted by molar-refractivity contribution is 0.0927. The fourth-order valence-corrected chi connectivity index (χ4v) is 4.15. The first-order valence-corrected chi connectivity index (χ1v) is 9.93. The normalized spacial score (nSPS) is 13.2. The molecule has 0 saturated heterocycles. The van der Waals surface area contributed by atoms with E-state index in [1.54, 1.807) is 29.7 Å². The molecule has 1 aliphatic heterocycles. The smallest absolute Gasteiger partial charge is 0.244 e. The number of fused-ring (bicyclic) bond motifs is 2. The molecular formula is C20H16N6O2S. The number of aromatic nitrogens is 5. The van der Waals surface area contributed by atoms with E-state index in [-0.39, 0.29) is 5.91 Å². The summed E-state index contributed by atoms with van der Waals surface area (Å²) in [7, 11) is 1.63. The van der Waals surface area contributed by atoms with E-state index in [9.17, 15) is 4.79 Å². The highest BCUT2D eigenvalue weighted by Gasteiger charge is 2.23. The third-order valence-electron chi connectivity index (χ3n) is 4.72. The molecule has 2 aromatic carbocycles. The van der Waals surface area contributed by atoms with E-state index >= 15 is 0 Å². The Hall–Kier alpha value is -3.46. The second-order valence-electron chi connectivity index (χ2n) is 6.50. The van der Waals surface area contributed by atoms with E-state index in [1.807, 2.05) is 42.5 Å². The first-order valence-electron chi connectivity index (χ1n) is 8.94. The average molecular weight is 404 g/mol. The van der Waals surface area contributed by atoms with Gasteiger partial charge in [-0.25, -0.2) is 4.68 Å². The van der Waals surface area contributed by atoms with Crippen molar-refractivity contribution < 1.29 is 9.53 Å². The molecule has 4 aromatic rings. The summed E-state index contributed by atoms with van der Waals surface area (Å²) in [5, 5.41) is 19.2. The van der Waals surface area contributed by atoms with Gasteiger partial charge in [-0.3, -0.25) is 4.79 Å². The van der Waals surface area contributed by atoms with Crippen LogP contribution in [0.25, 0.3) is 22.3 Å². The Morgan fingerprint density at radius 1 is 1.17 bits per heavy atom. The van der Waals surface area contributed by atoms with E-state index in [1.165, 1.54) is 11.6 Å². The van der Waals surface area contributed by atoms with Gasteiger partial charge in [0.25, 0.3) is 0 Å². The predicted molar refractivity (Wildman–Crippen MR) is 111 cm³/mol. The van der Waals surface area contributed by atoms with Gasteiger partial charge in [-0.2, -0.15) is 14.9 Å². The van der Waals surface area contributed by atoms with Crippen molar-refractivity contribution in [1.82, 2.24) is 24.7 Å². The predicted octanol–water partition coefficient (Wildman–Crippen LogP) is 3.32. The van der Waals surface area contributed by atoms with E-state index in [0.29, 0.717) is 17.3 Å². The van der Waals surface area contributed by atoms with Crippen LogP contribution in [-0.4, -0.2) is 49.1 Å². The summed E-state index contributed by atoms with van der Waals surface area (Å²) in [6.45, 7) is 1.50. The van der Waals surface area contributed by atoms with Crippen molar-refractivity contribution >= 4 is 34.3 Å². The zero-order chi connectivity index (χ0) is 20.0. The van der Waals surface area contributed by atoms with Crippen molar-refractivity contribution in [2.75, 3.05) is 12.9 Å². The van der Waals surface area contributed by atoms with Crippen LogP contribution in [0.1, 0.15) is 17.3 Å². The number of carbonyl (C=O) groups excluding carboxylic acids is 1. The Morgan fingerprint density at radius 3 is 2.86 bits per heavy atom. The molecule has 0 spiro atoms. The lowest BCUT2D eigenvalue weighted by Crippen LogP contribution is -2.14. The molecule has 0 atom stereocenters. The molecule has 0 fully saturated rings. The van der Waals surface area contributed by atoms with E-state index < -0.39 is 0 Å². The van der Waals surface area contributed by atoms with E-state index in [2.05, 4.69) is 15.3 Å². The quantitative estimate of drug-likeness (QED) is 0.521. The molecule has 0 N–H and O–H groups in total. The molecule has 0 aliphatic carbocycles. The minimum atomic E-state index is -0.128. The van der Waals surface area contributed by atoms with Crippen LogP contribution >= 0.6 is 11.8 Å². The second-order valence-corrected chi connectivity index (χ2v) is 7.45. The van der Waals surface area contributed by atoms with E-state index in [0.717, 1.165) is 32.9 Å². The lowest BCUT2D eigenvalue weighted by atomic mass is 10.1. The third-order valence-corrected chi connectivity index (χ3v) is 5.65. The van der Waals surface area contributed by atoms with Crippen LogP contribution in [0.5, 0.6) is 5.75 Å². The summed E-state index contributed by atoms with van der Waals surface area (Å²) >= 11 is 1.57. The zero-order valence-electron chi connectivity index (χ0n) is 15.7. The molecule has 29 heavy (non-hydrogen) atoms. The van der Waals surface area contributed by atoms with Crippen LogP contribution in [0, 0.1) is 0 Å². The minimum absolute atomic E-state index is 0.128. The van der Waals surface area contributed by atoms with Crippen LogP contribution in [0.3, 0.4) is 0 Å². The van der Waals surface area contributed by atoms with Gasteiger partial charge < -0.3 is 4.74 Å². The number of benzene rings is 2.